The second-order valence-electron chi connectivity index (χ2n) is 1.40. The Labute approximate surface area is 73.1 Å². The van der Waals surface area contributed by atoms with Crippen molar-refractivity contribution >= 4 is 28.6 Å². The summed E-state index contributed by atoms with van der Waals surface area (Å²) >= 11 is 2.08. The van der Waals surface area contributed by atoms with Crippen molar-refractivity contribution in [2.75, 3.05) is 0 Å². The second-order valence-corrected chi connectivity index (χ2v) is 2.12. The van der Waals surface area contributed by atoms with E-state index in [-0.39, 0.29) is 0 Å². The lowest BCUT2D eigenvalue weighted by molar-refractivity contribution is -0.131. The Morgan fingerprint density at radius 3 is 2.30 bits per heavy atom. The monoisotopic (exact) mass is 250 g/mol. The van der Waals surface area contributed by atoms with Crippen LogP contribution in [0.1, 0.15) is 0 Å². The Kier molecular flexibility index (Phi) is 6.16. The first-order valence-electron chi connectivity index (χ1n) is 2.60. The molecule has 0 amide bonds. The van der Waals surface area contributed by atoms with Crippen LogP contribution in [0.4, 0.5) is 0 Å². The molecule has 0 aliphatic carbocycles. The molecule has 0 aliphatic rings. The molecule has 0 bridgehead atoms. The molecule has 0 fully saturated rings. The molecule has 3 heteroatoms. The fourth-order valence-electron chi connectivity index (χ4n) is 0.308. The smallest absolute Gasteiger partial charge is 0.328 e. The molecule has 0 unspecified atom stereocenters. The van der Waals surface area contributed by atoms with Crippen molar-refractivity contribution in [1.29, 1.82) is 0 Å². The summed E-state index contributed by atoms with van der Waals surface area (Å²) in [5, 5.41) is 8.13. The third-order valence-electron chi connectivity index (χ3n) is 0.645. The van der Waals surface area contributed by atoms with E-state index in [2.05, 4.69) is 22.6 Å². The van der Waals surface area contributed by atoms with E-state index in [1.807, 2.05) is 10.2 Å². The number of halogens is 1. The van der Waals surface area contributed by atoms with Crippen LogP contribution >= 0.6 is 22.6 Å². The molecule has 0 atom stereocenters. The van der Waals surface area contributed by atoms with Crippen LogP contribution in [-0.2, 0) is 4.79 Å². The molecule has 0 aliphatic heterocycles. The van der Waals surface area contributed by atoms with Crippen molar-refractivity contribution in [1.82, 2.24) is 0 Å². The summed E-state index contributed by atoms with van der Waals surface area (Å²) in [5.74, 6) is -0.928. The fraction of sp³-hybridized carbons (Fsp3) is 0. The van der Waals surface area contributed by atoms with E-state index in [1.54, 1.807) is 12.2 Å². The molecule has 0 saturated carbocycles. The van der Waals surface area contributed by atoms with Gasteiger partial charge in [-0.25, -0.2) is 4.79 Å². The van der Waals surface area contributed by atoms with Gasteiger partial charge in [0.25, 0.3) is 0 Å². The van der Waals surface area contributed by atoms with Crippen molar-refractivity contribution in [3.63, 3.8) is 0 Å². The van der Waals surface area contributed by atoms with Crippen LogP contribution in [-0.4, -0.2) is 11.1 Å². The number of aliphatic carboxylic acids is 1. The lowest BCUT2D eigenvalue weighted by Crippen LogP contribution is -1.83. The lowest BCUT2D eigenvalue weighted by atomic mass is 10.4. The number of hydrogen-bond acceptors (Lipinski definition) is 1. The molecular weight excluding hydrogens is 243 g/mol. The van der Waals surface area contributed by atoms with Gasteiger partial charge in [-0.2, -0.15) is 0 Å². The van der Waals surface area contributed by atoms with E-state index in [9.17, 15) is 4.79 Å². The normalized spacial score (nSPS) is 12.1. The van der Waals surface area contributed by atoms with E-state index in [1.165, 1.54) is 6.08 Å². The Morgan fingerprint density at radius 2 is 1.80 bits per heavy atom. The van der Waals surface area contributed by atoms with Gasteiger partial charge in [-0.05, 0) is 4.08 Å². The highest BCUT2D eigenvalue weighted by Gasteiger charge is 1.78. The van der Waals surface area contributed by atoms with E-state index in [4.69, 9.17) is 5.11 Å². The van der Waals surface area contributed by atoms with Gasteiger partial charge in [0, 0.05) is 6.08 Å². The van der Waals surface area contributed by atoms with Gasteiger partial charge in [-0.3, -0.25) is 0 Å². The van der Waals surface area contributed by atoms with Crippen molar-refractivity contribution in [2.45, 2.75) is 0 Å². The number of rotatable bonds is 3. The van der Waals surface area contributed by atoms with E-state index in [0.29, 0.717) is 0 Å². The summed E-state index contributed by atoms with van der Waals surface area (Å²) in [7, 11) is 0. The molecule has 2 nitrogen and oxygen atoms in total. The topological polar surface area (TPSA) is 37.3 Å². The van der Waals surface area contributed by atoms with Crippen LogP contribution < -0.4 is 0 Å². The first-order valence-corrected chi connectivity index (χ1v) is 3.85. The minimum Gasteiger partial charge on any atom is -0.478 e. The van der Waals surface area contributed by atoms with E-state index in [0.717, 1.165) is 6.08 Å². The SMILES string of the molecule is O=C(O)/C=C/C=C/C=C/I. The molecule has 0 spiro atoms. The Balaban J connectivity index is 3.62. The van der Waals surface area contributed by atoms with Crippen LogP contribution in [0.5, 0.6) is 0 Å². The molecule has 0 radical (unpaired) electrons. The zero-order chi connectivity index (χ0) is 7.82. The molecule has 0 aromatic rings. The summed E-state index contributed by atoms with van der Waals surface area (Å²) in [6, 6.07) is 0. The second kappa shape index (κ2) is 6.54. The van der Waals surface area contributed by atoms with E-state index >= 15 is 0 Å². The molecule has 1 N–H and O–H groups in total. The summed E-state index contributed by atoms with van der Waals surface area (Å²) in [5.41, 5.74) is 0. The third-order valence-corrected chi connectivity index (χ3v) is 1.06. The molecule has 0 aromatic heterocycles. The highest BCUT2D eigenvalue weighted by molar-refractivity contribution is 14.1. The van der Waals surface area contributed by atoms with Crippen LogP contribution in [0.25, 0.3) is 0 Å². The Bertz CT molecular complexity index is 180. The number of carboxylic acids is 1. The molecular formula is C7H7IO2. The van der Waals surface area contributed by atoms with Gasteiger partial charge in [0.15, 0.2) is 0 Å². The highest BCUT2D eigenvalue weighted by atomic mass is 127. The largest absolute Gasteiger partial charge is 0.478 e. The molecule has 0 rings (SSSR count). The van der Waals surface area contributed by atoms with Gasteiger partial charge in [-0.1, -0.05) is 46.9 Å². The average Bonchev–Trinajstić information content (AvgIpc) is 1.87. The maximum atomic E-state index is 9.89. The predicted octanol–water partition coefficient (Wildman–Crippen LogP) is 2.13. The number of hydrogen-bond donors (Lipinski definition) is 1. The minimum atomic E-state index is -0.928. The number of allylic oxidation sites excluding steroid dienone is 4. The summed E-state index contributed by atoms with van der Waals surface area (Å²) < 4.78 is 1.84. The standard InChI is InChI=1S/C7H7IO2/c8-6-4-2-1-3-5-7(9)10/h1-6H,(H,9,10)/b2-1+,5-3+,6-4+. The predicted molar refractivity (Wildman–Crippen MR) is 49.1 cm³/mol. The van der Waals surface area contributed by atoms with Gasteiger partial charge in [0.05, 0.1) is 0 Å². The molecule has 54 valence electrons. The quantitative estimate of drug-likeness (QED) is 0.473. The Morgan fingerprint density at radius 1 is 1.20 bits per heavy atom. The van der Waals surface area contributed by atoms with Gasteiger partial charge >= 0.3 is 5.97 Å². The fourth-order valence-corrected chi connectivity index (χ4v) is 0.548. The van der Waals surface area contributed by atoms with Crippen molar-refractivity contribution in [2.24, 2.45) is 0 Å². The van der Waals surface area contributed by atoms with Gasteiger partial charge in [0.1, 0.15) is 0 Å². The zero-order valence-electron chi connectivity index (χ0n) is 5.20. The first-order chi connectivity index (χ1) is 4.77. The molecule has 0 heterocycles. The minimum absolute atomic E-state index is 0.928. The number of carboxylic acid groups (broad SMARTS) is 1. The lowest BCUT2D eigenvalue weighted by Gasteiger charge is -1.73. The van der Waals surface area contributed by atoms with Crippen LogP contribution in [0, 0.1) is 0 Å². The van der Waals surface area contributed by atoms with Crippen LogP contribution in [0.2, 0.25) is 0 Å². The van der Waals surface area contributed by atoms with Gasteiger partial charge < -0.3 is 5.11 Å². The average molecular weight is 250 g/mol. The highest BCUT2D eigenvalue weighted by Crippen LogP contribution is 1.85. The summed E-state index contributed by atoms with van der Waals surface area (Å²) in [6.45, 7) is 0. The summed E-state index contributed by atoms with van der Waals surface area (Å²) in [6.07, 6.45) is 7.78. The van der Waals surface area contributed by atoms with Crippen LogP contribution in [0.3, 0.4) is 0 Å². The van der Waals surface area contributed by atoms with E-state index < -0.39 is 5.97 Å². The van der Waals surface area contributed by atoms with Gasteiger partial charge in [-0.15, -0.1) is 0 Å². The first kappa shape index (κ1) is 9.42. The summed E-state index contributed by atoms with van der Waals surface area (Å²) in [4.78, 5) is 9.89. The van der Waals surface area contributed by atoms with Crippen molar-refractivity contribution in [3.8, 4) is 0 Å². The number of carbonyl (C=O) groups is 1. The molecule has 0 saturated heterocycles. The third kappa shape index (κ3) is 7.42. The van der Waals surface area contributed by atoms with Gasteiger partial charge in [0.2, 0.25) is 0 Å². The maximum absolute atomic E-state index is 9.89. The maximum Gasteiger partial charge on any atom is 0.328 e. The molecule has 10 heavy (non-hydrogen) atoms. The molecule has 0 aromatic carbocycles. The zero-order valence-corrected chi connectivity index (χ0v) is 7.36. The Hall–Kier alpha value is -0.580. The van der Waals surface area contributed by atoms with Crippen molar-refractivity contribution < 1.29 is 9.90 Å². The van der Waals surface area contributed by atoms with Crippen LogP contribution in [0.15, 0.2) is 34.5 Å². The van der Waals surface area contributed by atoms with Crippen molar-refractivity contribution in [3.05, 3.63) is 34.5 Å².